The Morgan fingerprint density at radius 1 is 1.19 bits per heavy atom. The van der Waals surface area contributed by atoms with Gasteiger partial charge in [0.15, 0.2) is 0 Å². The summed E-state index contributed by atoms with van der Waals surface area (Å²) in [6, 6.07) is 0.649. The second kappa shape index (κ2) is 5.67. The van der Waals surface area contributed by atoms with Crippen molar-refractivity contribution in [3.63, 3.8) is 0 Å². The van der Waals surface area contributed by atoms with Crippen LogP contribution in [0.1, 0.15) is 45.4 Å². The van der Waals surface area contributed by atoms with Gasteiger partial charge < -0.3 is 10.2 Å². The van der Waals surface area contributed by atoms with Crippen LogP contribution in [0, 0.1) is 5.92 Å². The van der Waals surface area contributed by atoms with Crippen molar-refractivity contribution in [2.45, 2.75) is 51.5 Å². The number of carbonyl (C=O) groups excluding carboxylic acids is 1. The first-order chi connectivity index (χ1) is 7.75. The average molecular weight is 224 g/mol. The van der Waals surface area contributed by atoms with Crippen molar-refractivity contribution in [2.75, 3.05) is 19.6 Å². The fourth-order valence-corrected chi connectivity index (χ4v) is 2.95. The summed E-state index contributed by atoms with van der Waals surface area (Å²) in [4.78, 5) is 13.1. The van der Waals surface area contributed by atoms with E-state index in [1.165, 1.54) is 32.2 Å². The maximum Gasteiger partial charge on any atom is 0.219 e. The molecule has 1 saturated carbocycles. The van der Waals surface area contributed by atoms with E-state index in [1.807, 2.05) is 4.90 Å². The zero-order valence-corrected chi connectivity index (χ0v) is 10.4. The zero-order valence-electron chi connectivity index (χ0n) is 10.4. The van der Waals surface area contributed by atoms with Crippen molar-refractivity contribution in [3.05, 3.63) is 0 Å². The van der Waals surface area contributed by atoms with Crippen molar-refractivity contribution in [1.82, 2.24) is 10.2 Å². The molecule has 0 bridgehead atoms. The molecule has 0 aromatic heterocycles. The van der Waals surface area contributed by atoms with Crippen LogP contribution in [0.2, 0.25) is 0 Å². The summed E-state index contributed by atoms with van der Waals surface area (Å²) in [5.74, 6) is 1.15. The van der Waals surface area contributed by atoms with Crippen LogP contribution in [0.5, 0.6) is 0 Å². The SMILES string of the molecule is CC(=O)N1CCC(NCC2CCCC2)CC1. The van der Waals surface area contributed by atoms with E-state index in [9.17, 15) is 4.79 Å². The minimum Gasteiger partial charge on any atom is -0.343 e. The molecule has 2 fully saturated rings. The molecule has 0 radical (unpaired) electrons. The molecule has 0 unspecified atom stereocenters. The van der Waals surface area contributed by atoms with Gasteiger partial charge in [-0.15, -0.1) is 0 Å². The van der Waals surface area contributed by atoms with Crippen molar-refractivity contribution in [1.29, 1.82) is 0 Å². The maximum absolute atomic E-state index is 11.2. The van der Waals surface area contributed by atoms with Gasteiger partial charge in [0.2, 0.25) is 5.91 Å². The average Bonchev–Trinajstić information content (AvgIpc) is 2.80. The molecule has 1 aliphatic carbocycles. The lowest BCUT2D eigenvalue weighted by Crippen LogP contribution is -2.45. The fourth-order valence-electron chi connectivity index (χ4n) is 2.95. The molecule has 0 aromatic rings. The molecule has 0 aromatic carbocycles. The monoisotopic (exact) mass is 224 g/mol. The smallest absolute Gasteiger partial charge is 0.219 e. The molecule has 3 nitrogen and oxygen atoms in total. The minimum atomic E-state index is 0.231. The molecule has 1 aliphatic heterocycles. The number of rotatable bonds is 3. The quantitative estimate of drug-likeness (QED) is 0.792. The van der Waals surface area contributed by atoms with E-state index >= 15 is 0 Å². The van der Waals surface area contributed by atoms with E-state index in [4.69, 9.17) is 0 Å². The highest BCUT2D eigenvalue weighted by Crippen LogP contribution is 2.24. The number of hydrogen-bond donors (Lipinski definition) is 1. The third-order valence-corrected chi connectivity index (χ3v) is 4.11. The highest BCUT2D eigenvalue weighted by Gasteiger charge is 2.22. The topological polar surface area (TPSA) is 32.3 Å². The van der Waals surface area contributed by atoms with Crippen molar-refractivity contribution < 1.29 is 4.79 Å². The molecular weight excluding hydrogens is 200 g/mol. The molecule has 0 atom stereocenters. The lowest BCUT2D eigenvalue weighted by molar-refractivity contribution is -0.129. The number of carbonyl (C=O) groups is 1. The van der Waals surface area contributed by atoms with Crippen molar-refractivity contribution >= 4 is 5.91 Å². The molecule has 2 rings (SSSR count). The summed E-state index contributed by atoms with van der Waals surface area (Å²) in [5.41, 5.74) is 0. The van der Waals surface area contributed by atoms with E-state index in [0.717, 1.165) is 31.8 Å². The Hall–Kier alpha value is -0.570. The molecule has 1 heterocycles. The van der Waals surface area contributed by atoms with E-state index in [1.54, 1.807) is 6.92 Å². The number of amides is 1. The molecule has 1 N–H and O–H groups in total. The van der Waals surface area contributed by atoms with Crippen LogP contribution in [0.3, 0.4) is 0 Å². The zero-order chi connectivity index (χ0) is 11.4. The lowest BCUT2D eigenvalue weighted by Gasteiger charge is -2.32. The molecule has 92 valence electrons. The van der Waals surface area contributed by atoms with Gasteiger partial charge in [0.25, 0.3) is 0 Å². The predicted octanol–water partition coefficient (Wildman–Crippen LogP) is 1.78. The first-order valence-corrected chi connectivity index (χ1v) is 6.74. The van der Waals surface area contributed by atoms with Gasteiger partial charge in [-0.05, 0) is 38.1 Å². The van der Waals surface area contributed by atoms with Crippen LogP contribution in [-0.2, 0) is 4.79 Å². The molecule has 3 heteroatoms. The number of likely N-dealkylation sites (tertiary alicyclic amines) is 1. The number of nitrogens with zero attached hydrogens (tertiary/aromatic N) is 1. The van der Waals surface area contributed by atoms with Crippen LogP contribution in [0.15, 0.2) is 0 Å². The molecular formula is C13H24N2O. The van der Waals surface area contributed by atoms with E-state index in [0.29, 0.717) is 6.04 Å². The minimum absolute atomic E-state index is 0.231. The fraction of sp³-hybridized carbons (Fsp3) is 0.923. The Morgan fingerprint density at radius 2 is 1.81 bits per heavy atom. The van der Waals surface area contributed by atoms with Gasteiger partial charge in [0.1, 0.15) is 0 Å². The Labute approximate surface area is 98.6 Å². The highest BCUT2D eigenvalue weighted by molar-refractivity contribution is 5.73. The van der Waals surface area contributed by atoms with Gasteiger partial charge in [-0.25, -0.2) is 0 Å². The Morgan fingerprint density at radius 3 is 2.38 bits per heavy atom. The van der Waals surface area contributed by atoms with Crippen LogP contribution >= 0.6 is 0 Å². The lowest BCUT2D eigenvalue weighted by atomic mass is 10.0. The Balaban J connectivity index is 1.63. The van der Waals surface area contributed by atoms with Gasteiger partial charge in [-0.3, -0.25) is 4.79 Å². The number of nitrogens with one attached hydrogen (secondary N) is 1. The molecule has 1 saturated heterocycles. The van der Waals surface area contributed by atoms with E-state index in [-0.39, 0.29) is 5.91 Å². The summed E-state index contributed by atoms with van der Waals surface area (Å²) < 4.78 is 0. The van der Waals surface area contributed by atoms with Gasteiger partial charge in [0.05, 0.1) is 0 Å². The summed E-state index contributed by atoms with van der Waals surface area (Å²) in [7, 11) is 0. The first kappa shape index (κ1) is 11.9. The van der Waals surface area contributed by atoms with Gasteiger partial charge in [0, 0.05) is 26.1 Å². The Bertz CT molecular complexity index is 228. The second-order valence-electron chi connectivity index (χ2n) is 5.34. The Kier molecular flexibility index (Phi) is 4.22. The third kappa shape index (κ3) is 3.21. The van der Waals surface area contributed by atoms with Gasteiger partial charge >= 0.3 is 0 Å². The highest BCUT2D eigenvalue weighted by atomic mass is 16.2. The largest absolute Gasteiger partial charge is 0.343 e. The molecule has 1 amide bonds. The third-order valence-electron chi connectivity index (χ3n) is 4.11. The standard InChI is InChI=1S/C13H24N2O/c1-11(16)15-8-6-13(7-9-15)14-10-12-4-2-3-5-12/h12-14H,2-10H2,1H3. The van der Waals surface area contributed by atoms with Crippen molar-refractivity contribution in [3.8, 4) is 0 Å². The molecule has 16 heavy (non-hydrogen) atoms. The van der Waals surface area contributed by atoms with Crippen LogP contribution < -0.4 is 5.32 Å². The van der Waals surface area contributed by atoms with Crippen LogP contribution in [0.4, 0.5) is 0 Å². The normalized spacial score (nSPS) is 23.9. The van der Waals surface area contributed by atoms with Gasteiger partial charge in [-0.1, -0.05) is 12.8 Å². The van der Waals surface area contributed by atoms with E-state index in [2.05, 4.69) is 5.32 Å². The van der Waals surface area contributed by atoms with Gasteiger partial charge in [-0.2, -0.15) is 0 Å². The molecule has 0 spiro atoms. The summed E-state index contributed by atoms with van der Waals surface area (Å²) in [6.07, 6.45) is 7.95. The number of piperidine rings is 1. The molecule has 2 aliphatic rings. The summed E-state index contributed by atoms with van der Waals surface area (Å²) >= 11 is 0. The van der Waals surface area contributed by atoms with Crippen LogP contribution in [-0.4, -0.2) is 36.5 Å². The van der Waals surface area contributed by atoms with E-state index < -0.39 is 0 Å². The van der Waals surface area contributed by atoms with Crippen LogP contribution in [0.25, 0.3) is 0 Å². The predicted molar refractivity (Wildman–Crippen MR) is 65.2 cm³/mol. The van der Waals surface area contributed by atoms with Crippen molar-refractivity contribution in [2.24, 2.45) is 5.92 Å². The summed E-state index contributed by atoms with van der Waals surface area (Å²) in [6.45, 7) is 4.76. The summed E-state index contributed by atoms with van der Waals surface area (Å²) in [5, 5.41) is 3.69. The maximum atomic E-state index is 11.2. The first-order valence-electron chi connectivity index (χ1n) is 6.74. The number of hydrogen-bond acceptors (Lipinski definition) is 2. The second-order valence-corrected chi connectivity index (χ2v) is 5.34.